The van der Waals surface area contributed by atoms with Gasteiger partial charge in [0.05, 0.1) is 11.0 Å². The van der Waals surface area contributed by atoms with Gasteiger partial charge in [0, 0.05) is 16.9 Å². The van der Waals surface area contributed by atoms with Crippen molar-refractivity contribution in [2.45, 2.75) is 20.4 Å². The van der Waals surface area contributed by atoms with Crippen molar-refractivity contribution in [2.75, 3.05) is 10.6 Å². The van der Waals surface area contributed by atoms with E-state index in [0.29, 0.717) is 17.5 Å². The molecule has 0 spiro atoms. The summed E-state index contributed by atoms with van der Waals surface area (Å²) in [7, 11) is 0. The Labute approximate surface area is 171 Å². The van der Waals surface area contributed by atoms with Gasteiger partial charge in [0.15, 0.2) is 10.9 Å². The number of hydrogen-bond acceptors (Lipinski definition) is 2. The van der Waals surface area contributed by atoms with E-state index in [4.69, 9.17) is 23.8 Å². The number of benzene rings is 2. The summed E-state index contributed by atoms with van der Waals surface area (Å²) in [5, 5.41) is 12.1. The fraction of sp³-hybridized carbons (Fsp3) is 0.158. The van der Waals surface area contributed by atoms with Crippen LogP contribution in [0.1, 0.15) is 16.7 Å². The zero-order chi connectivity index (χ0) is 18.7. The quantitative estimate of drug-likeness (QED) is 0.496. The summed E-state index contributed by atoms with van der Waals surface area (Å²) in [6.45, 7) is 4.74. The normalized spacial score (nSPS) is 10.6. The van der Waals surface area contributed by atoms with Crippen LogP contribution in [0.3, 0.4) is 0 Å². The summed E-state index contributed by atoms with van der Waals surface area (Å²) < 4.78 is 2.69. The molecule has 0 atom stereocenters. The van der Waals surface area contributed by atoms with Crippen LogP contribution in [0.15, 0.2) is 53.1 Å². The van der Waals surface area contributed by atoms with E-state index in [0.717, 1.165) is 26.3 Å². The Morgan fingerprint density at radius 3 is 2.62 bits per heavy atom. The van der Waals surface area contributed by atoms with Gasteiger partial charge in [0.25, 0.3) is 0 Å². The molecule has 1 heterocycles. The van der Waals surface area contributed by atoms with Gasteiger partial charge in [0.2, 0.25) is 0 Å². The van der Waals surface area contributed by atoms with Gasteiger partial charge in [0.1, 0.15) is 0 Å². The van der Waals surface area contributed by atoms with Crippen LogP contribution in [-0.4, -0.2) is 14.9 Å². The summed E-state index contributed by atoms with van der Waals surface area (Å²) in [4.78, 5) is 0. The third kappa shape index (κ3) is 4.84. The molecule has 0 amide bonds. The number of aryl methyl sites for hydroxylation is 2. The highest BCUT2D eigenvalue weighted by Crippen LogP contribution is 2.22. The minimum atomic E-state index is 0.496. The number of aromatic nitrogens is 2. The number of nitrogens with one attached hydrogen (secondary N) is 2. The van der Waals surface area contributed by atoms with Gasteiger partial charge < -0.3 is 10.6 Å². The molecule has 0 aliphatic heterocycles. The van der Waals surface area contributed by atoms with E-state index >= 15 is 0 Å². The molecule has 0 aliphatic carbocycles. The van der Waals surface area contributed by atoms with E-state index in [1.54, 1.807) is 0 Å². The second-order valence-corrected chi connectivity index (χ2v) is 7.75. The fourth-order valence-electron chi connectivity index (χ4n) is 2.47. The molecule has 0 bridgehead atoms. The van der Waals surface area contributed by atoms with Crippen LogP contribution < -0.4 is 10.6 Å². The van der Waals surface area contributed by atoms with Gasteiger partial charge in [-0.3, -0.25) is 4.68 Å². The average Bonchev–Trinajstić information content (AvgIpc) is 2.92. The van der Waals surface area contributed by atoms with Crippen molar-refractivity contribution in [3.63, 3.8) is 0 Å². The zero-order valence-corrected chi connectivity index (χ0v) is 17.5. The molecule has 0 fully saturated rings. The van der Waals surface area contributed by atoms with Gasteiger partial charge in [-0.2, -0.15) is 5.10 Å². The summed E-state index contributed by atoms with van der Waals surface area (Å²) >= 11 is 14.9. The number of thiocarbonyl (C=S) groups is 1. The van der Waals surface area contributed by atoms with E-state index < -0.39 is 0 Å². The van der Waals surface area contributed by atoms with Crippen LogP contribution >= 0.6 is 39.7 Å². The first-order valence-corrected chi connectivity index (χ1v) is 9.61. The van der Waals surface area contributed by atoms with E-state index in [-0.39, 0.29) is 0 Å². The van der Waals surface area contributed by atoms with E-state index in [1.807, 2.05) is 42.1 Å². The second kappa shape index (κ2) is 8.20. The number of nitrogens with zero attached hydrogens (tertiary/aromatic N) is 2. The molecule has 3 aromatic rings. The predicted molar refractivity (Wildman–Crippen MR) is 116 cm³/mol. The molecule has 0 unspecified atom stereocenters. The van der Waals surface area contributed by atoms with Gasteiger partial charge in [-0.05, 0) is 76.9 Å². The standard InChI is InChI=1S/C19H18BrClN4S/c1-12-3-4-13(2)17(9-12)22-19(26)23-18-16(20)11-25(24-18)10-14-5-7-15(21)8-6-14/h3-9,11H,10H2,1-2H3,(H2,22,23,24,26). The number of halogens is 2. The Bertz CT molecular complexity index is 937. The Morgan fingerprint density at radius 1 is 1.15 bits per heavy atom. The lowest BCUT2D eigenvalue weighted by molar-refractivity contribution is 0.689. The number of rotatable bonds is 4. The predicted octanol–water partition coefficient (Wildman–Crippen LogP) is 5.77. The molecule has 7 heteroatoms. The summed E-state index contributed by atoms with van der Waals surface area (Å²) in [6, 6.07) is 13.9. The lowest BCUT2D eigenvalue weighted by Crippen LogP contribution is -2.20. The number of hydrogen-bond donors (Lipinski definition) is 2. The SMILES string of the molecule is Cc1ccc(C)c(NC(=S)Nc2nn(Cc3ccc(Cl)cc3)cc2Br)c1. The van der Waals surface area contributed by atoms with Crippen molar-refractivity contribution in [1.29, 1.82) is 0 Å². The summed E-state index contributed by atoms with van der Waals surface area (Å²) in [6.07, 6.45) is 1.91. The van der Waals surface area contributed by atoms with Crippen molar-refractivity contribution in [2.24, 2.45) is 0 Å². The maximum Gasteiger partial charge on any atom is 0.176 e. The van der Waals surface area contributed by atoms with Crippen LogP contribution in [0, 0.1) is 13.8 Å². The Morgan fingerprint density at radius 2 is 1.88 bits per heavy atom. The summed E-state index contributed by atoms with van der Waals surface area (Å²) in [5.41, 5.74) is 4.41. The molecule has 4 nitrogen and oxygen atoms in total. The Balaban J connectivity index is 1.68. The highest BCUT2D eigenvalue weighted by atomic mass is 79.9. The van der Waals surface area contributed by atoms with Crippen LogP contribution in [0.2, 0.25) is 5.02 Å². The first kappa shape index (κ1) is 18.9. The Kier molecular flexibility index (Phi) is 5.96. The van der Waals surface area contributed by atoms with E-state index in [1.165, 1.54) is 5.56 Å². The first-order valence-electron chi connectivity index (χ1n) is 8.03. The monoisotopic (exact) mass is 448 g/mol. The van der Waals surface area contributed by atoms with Gasteiger partial charge >= 0.3 is 0 Å². The number of anilines is 2. The van der Waals surface area contributed by atoms with Crippen molar-refractivity contribution in [3.05, 3.63) is 74.8 Å². The molecule has 26 heavy (non-hydrogen) atoms. The van der Waals surface area contributed by atoms with Crippen LogP contribution in [0.4, 0.5) is 11.5 Å². The molecule has 0 aliphatic rings. The third-order valence-electron chi connectivity index (χ3n) is 3.85. The fourth-order valence-corrected chi connectivity index (χ4v) is 3.22. The topological polar surface area (TPSA) is 41.9 Å². The van der Waals surface area contributed by atoms with Crippen LogP contribution in [0.5, 0.6) is 0 Å². The molecular formula is C19H18BrClN4S. The molecular weight excluding hydrogens is 432 g/mol. The highest BCUT2D eigenvalue weighted by molar-refractivity contribution is 9.10. The largest absolute Gasteiger partial charge is 0.332 e. The van der Waals surface area contributed by atoms with Crippen molar-refractivity contribution in [3.8, 4) is 0 Å². The van der Waals surface area contributed by atoms with Crippen LogP contribution in [-0.2, 0) is 6.54 Å². The lowest BCUT2D eigenvalue weighted by atomic mass is 10.1. The molecule has 0 radical (unpaired) electrons. The lowest BCUT2D eigenvalue weighted by Gasteiger charge is -2.12. The van der Waals surface area contributed by atoms with Crippen molar-refractivity contribution >= 4 is 56.4 Å². The van der Waals surface area contributed by atoms with E-state index in [2.05, 4.69) is 56.8 Å². The zero-order valence-electron chi connectivity index (χ0n) is 14.4. The highest BCUT2D eigenvalue weighted by Gasteiger charge is 2.10. The molecule has 134 valence electrons. The summed E-state index contributed by atoms with van der Waals surface area (Å²) in [5.74, 6) is 0.668. The maximum atomic E-state index is 5.93. The van der Waals surface area contributed by atoms with E-state index in [9.17, 15) is 0 Å². The Hall–Kier alpha value is -1.89. The smallest absolute Gasteiger partial charge is 0.176 e. The van der Waals surface area contributed by atoms with Crippen molar-refractivity contribution in [1.82, 2.24) is 9.78 Å². The second-order valence-electron chi connectivity index (χ2n) is 6.05. The minimum absolute atomic E-state index is 0.496. The minimum Gasteiger partial charge on any atom is -0.332 e. The first-order chi connectivity index (χ1) is 12.4. The molecule has 1 aromatic heterocycles. The molecule has 2 N–H and O–H groups in total. The third-order valence-corrected chi connectivity index (χ3v) is 4.88. The van der Waals surface area contributed by atoms with Gasteiger partial charge in [-0.1, -0.05) is 35.9 Å². The maximum absolute atomic E-state index is 5.93. The van der Waals surface area contributed by atoms with Crippen LogP contribution in [0.25, 0.3) is 0 Å². The molecule has 3 rings (SSSR count). The van der Waals surface area contributed by atoms with Crippen molar-refractivity contribution < 1.29 is 0 Å². The van der Waals surface area contributed by atoms with Gasteiger partial charge in [-0.15, -0.1) is 0 Å². The van der Waals surface area contributed by atoms with Gasteiger partial charge in [-0.25, -0.2) is 0 Å². The molecule has 2 aromatic carbocycles. The molecule has 0 saturated carbocycles. The molecule has 0 saturated heterocycles. The average molecular weight is 450 g/mol.